The van der Waals surface area contributed by atoms with Crippen LogP contribution in [-0.2, 0) is 22.7 Å². The lowest BCUT2D eigenvalue weighted by atomic mass is 9.68. The zero-order valence-corrected chi connectivity index (χ0v) is 37.3. The zero-order chi connectivity index (χ0) is 43.1. The van der Waals surface area contributed by atoms with Crippen LogP contribution in [0.15, 0.2) is 200 Å². The van der Waals surface area contributed by atoms with Crippen molar-refractivity contribution in [2.75, 3.05) is 0 Å². The topological polar surface area (TPSA) is 0 Å². The van der Waals surface area contributed by atoms with Crippen molar-refractivity contribution in [2.45, 2.75) is 70.1 Å². The van der Waals surface area contributed by atoms with Gasteiger partial charge in [0.1, 0.15) is 0 Å². The van der Waals surface area contributed by atoms with Crippen molar-refractivity contribution < 1.29 is 0 Å². The van der Waals surface area contributed by atoms with E-state index in [1.54, 1.807) is 0 Å². The van der Waals surface area contributed by atoms with Gasteiger partial charge in [0.05, 0.1) is 5.41 Å². The summed E-state index contributed by atoms with van der Waals surface area (Å²) in [5.74, 6) is 0.127. The molecule has 0 fully saturated rings. The van der Waals surface area contributed by atoms with Gasteiger partial charge in [-0.3, -0.25) is 0 Å². The molecule has 63 heavy (non-hydrogen) atoms. The molecule has 1 atom stereocenters. The lowest BCUT2D eigenvalue weighted by Gasteiger charge is -2.33. The van der Waals surface area contributed by atoms with E-state index < -0.39 is 5.41 Å². The quantitative estimate of drug-likeness (QED) is 0.157. The van der Waals surface area contributed by atoms with Gasteiger partial charge in [-0.15, -0.1) is 0 Å². The van der Waals surface area contributed by atoms with Gasteiger partial charge in [0.25, 0.3) is 0 Å². The largest absolute Gasteiger partial charge is 0.0725 e. The van der Waals surface area contributed by atoms with E-state index in [4.69, 9.17) is 0 Å². The molecule has 0 heteroatoms. The molecule has 0 nitrogen and oxygen atoms in total. The van der Waals surface area contributed by atoms with Crippen molar-refractivity contribution in [3.8, 4) is 44.5 Å². The van der Waals surface area contributed by atoms with Gasteiger partial charge in [0.2, 0.25) is 0 Å². The van der Waals surface area contributed by atoms with Crippen LogP contribution >= 0.6 is 0 Å². The fourth-order valence-corrected chi connectivity index (χ4v) is 10.9. The molecule has 9 aromatic rings. The molecule has 1 unspecified atom stereocenters. The third-order valence-corrected chi connectivity index (χ3v) is 14.3. The van der Waals surface area contributed by atoms with Crippen molar-refractivity contribution >= 4 is 10.8 Å². The SMILES string of the molecule is CC(C)(C)c1ccc2c(c1)C1(c3ccccc3-c3ccc(C(Cc4ccc(-c5ccccc5)cc4)c4ccc(-c5cccc6ccccc56)cc4)cc31)c1cc(C(C)(C)C)ccc1-2. The Morgan fingerprint density at radius 1 is 0.365 bits per heavy atom. The second kappa shape index (κ2) is 14.7. The smallest absolute Gasteiger partial charge is 0.0622 e. The maximum Gasteiger partial charge on any atom is 0.0725 e. The molecule has 0 saturated heterocycles. The Kier molecular flexibility index (Phi) is 9.11. The molecule has 306 valence electrons. The summed E-state index contributed by atoms with van der Waals surface area (Å²) < 4.78 is 0. The highest BCUT2D eigenvalue weighted by molar-refractivity contribution is 5.97. The first-order valence-corrected chi connectivity index (χ1v) is 22.8. The maximum absolute atomic E-state index is 2.61. The predicted molar refractivity (Wildman–Crippen MR) is 267 cm³/mol. The van der Waals surface area contributed by atoms with Gasteiger partial charge >= 0.3 is 0 Å². The maximum atomic E-state index is 2.61. The average molecular weight is 811 g/mol. The summed E-state index contributed by atoms with van der Waals surface area (Å²) in [5, 5.41) is 2.55. The standard InChI is InChI=1S/C63H54/c1-61(2,3)48-32-35-54-55-36-33-49(62(4,5)6)40-60(55)63(59(54)39-48)57-22-13-12-20-52(57)53-34-31-47(38-58(53)63)56(37-41-23-25-43(26-24-41)42-15-8-7-9-16-42)46-29-27-45(28-30-46)51-21-14-18-44-17-10-11-19-50(44)51/h7-36,38-40,56H,37H2,1-6H3. The molecular weight excluding hydrogens is 757 g/mol. The van der Waals surface area contributed by atoms with Crippen molar-refractivity contribution in [1.29, 1.82) is 0 Å². The monoisotopic (exact) mass is 810 g/mol. The van der Waals surface area contributed by atoms with Crippen molar-refractivity contribution in [3.63, 3.8) is 0 Å². The van der Waals surface area contributed by atoms with E-state index in [1.165, 1.54) is 105 Å². The molecule has 0 amide bonds. The fourth-order valence-electron chi connectivity index (χ4n) is 10.9. The summed E-state index contributed by atoms with van der Waals surface area (Å²) in [7, 11) is 0. The third-order valence-electron chi connectivity index (χ3n) is 14.3. The first-order valence-electron chi connectivity index (χ1n) is 22.8. The second-order valence-corrected chi connectivity index (χ2v) is 20.1. The minimum Gasteiger partial charge on any atom is -0.0622 e. The Bertz CT molecular complexity index is 3120. The highest BCUT2D eigenvalue weighted by atomic mass is 14.5. The molecule has 0 saturated carbocycles. The van der Waals surface area contributed by atoms with E-state index in [0.29, 0.717) is 0 Å². The van der Waals surface area contributed by atoms with Crippen LogP contribution in [0.2, 0.25) is 0 Å². The van der Waals surface area contributed by atoms with Crippen molar-refractivity contribution in [1.82, 2.24) is 0 Å². The number of hydrogen-bond acceptors (Lipinski definition) is 0. The molecular formula is C63H54. The minimum atomic E-state index is -0.449. The molecule has 2 aliphatic rings. The number of hydrogen-bond donors (Lipinski definition) is 0. The Morgan fingerprint density at radius 3 is 1.52 bits per heavy atom. The van der Waals surface area contributed by atoms with Crippen LogP contribution in [0, 0.1) is 0 Å². The van der Waals surface area contributed by atoms with E-state index in [2.05, 4.69) is 242 Å². The normalized spacial score (nSPS) is 14.0. The third kappa shape index (κ3) is 6.41. The summed E-state index contributed by atoms with van der Waals surface area (Å²) >= 11 is 0. The van der Waals surface area contributed by atoms with Gasteiger partial charge in [-0.2, -0.15) is 0 Å². The minimum absolute atomic E-state index is 0.00369. The van der Waals surface area contributed by atoms with Crippen LogP contribution in [0.25, 0.3) is 55.3 Å². The molecule has 0 aromatic heterocycles. The van der Waals surface area contributed by atoms with Crippen LogP contribution in [0.1, 0.15) is 97.5 Å². The van der Waals surface area contributed by atoms with Gasteiger partial charge in [-0.25, -0.2) is 0 Å². The van der Waals surface area contributed by atoms with E-state index in [-0.39, 0.29) is 16.7 Å². The van der Waals surface area contributed by atoms with Gasteiger partial charge in [0.15, 0.2) is 0 Å². The average Bonchev–Trinajstić information content (AvgIpc) is 3.77. The first-order chi connectivity index (χ1) is 30.5. The van der Waals surface area contributed by atoms with E-state index >= 15 is 0 Å². The molecule has 0 radical (unpaired) electrons. The summed E-state index contributed by atoms with van der Waals surface area (Å²) in [6.07, 6.45) is 0.886. The molecule has 0 heterocycles. The Hall–Kier alpha value is -6.76. The molecule has 1 spiro atoms. The van der Waals surface area contributed by atoms with E-state index in [9.17, 15) is 0 Å². The van der Waals surface area contributed by atoms with Crippen LogP contribution in [0.5, 0.6) is 0 Å². The first kappa shape index (κ1) is 39.1. The zero-order valence-electron chi connectivity index (χ0n) is 37.3. The van der Waals surface area contributed by atoms with E-state index in [1.807, 2.05) is 0 Å². The fraction of sp³-hybridized carbons (Fsp3) is 0.175. The van der Waals surface area contributed by atoms with Gasteiger partial charge in [-0.05, 0) is 123 Å². The molecule has 2 aliphatic carbocycles. The van der Waals surface area contributed by atoms with Gasteiger partial charge < -0.3 is 0 Å². The molecule has 0 bridgehead atoms. The Morgan fingerprint density at radius 2 is 0.857 bits per heavy atom. The Labute approximate surface area is 374 Å². The lowest BCUT2D eigenvalue weighted by molar-refractivity contribution is 0.586. The van der Waals surface area contributed by atoms with Crippen LogP contribution in [-0.4, -0.2) is 0 Å². The highest BCUT2D eigenvalue weighted by Crippen LogP contribution is 2.64. The summed E-state index contributed by atoms with van der Waals surface area (Å²) in [6.45, 7) is 14.1. The molecule has 0 aliphatic heterocycles. The predicted octanol–water partition coefficient (Wildman–Crippen LogP) is 16.5. The molecule has 11 rings (SSSR count). The lowest BCUT2D eigenvalue weighted by Crippen LogP contribution is -2.27. The van der Waals surface area contributed by atoms with Crippen LogP contribution in [0.3, 0.4) is 0 Å². The van der Waals surface area contributed by atoms with Crippen molar-refractivity contribution in [2.24, 2.45) is 0 Å². The Balaban J connectivity index is 1.11. The van der Waals surface area contributed by atoms with Gasteiger partial charge in [-0.1, -0.05) is 242 Å². The number of rotatable bonds is 6. The molecule has 0 N–H and O–H groups in total. The summed E-state index contributed by atoms with van der Waals surface area (Å²) in [4.78, 5) is 0. The van der Waals surface area contributed by atoms with Crippen LogP contribution in [0.4, 0.5) is 0 Å². The van der Waals surface area contributed by atoms with Gasteiger partial charge in [0, 0.05) is 5.92 Å². The summed E-state index contributed by atoms with van der Waals surface area (Å²) in [6, 6.07) is 76.3. The number of benzene rings is 9. The highest BCUT2D eigenvalue weighted by Gasteiger charge is 2.52. The van der Waals surface area contributed by atoms with E-state index in [0.717, 1.165) is 6.42 Å². The molecule has 9 aromatic carbocycles. The number of fused-ring (bicyclic) bond motifs is 11. The van der Waals surface area contributed by atoms with Crippen LogP contribution < -0.4 is 0 Å². The summed E-state index contributed by atoms with van der Waals surface area (Å²) in [5.41, 5.74) is 22.3. The van der Waals surface area contributed by atoms with Crippen molar-refractivity contribution in [3.05, 3.63) is 250 Å². The second-order valence-electron chi connectivity index (χ2n) is 20.1.